The number of aromatic nitrogens is 2. The molecule has 0 bridgehead atoms. The molecular weight excluding hydrogens is 504 g/mol. The monoisotopic (exact) mass is 534 g/mol. The van der Waals surface area contributed by atoms with E-state index in [-0.39, 0.29) is 0 Å². The maximum atomic E-state index is 6.00. The third-order valence-corrected chi connectivity index (χ3v) is 6.82. The van der Waals surface area contributed by atoms with Crippen LogP contribution in [0.25, 0.3) is 0 Å². The lowest BCUT2D eigenvalue weighted by Gasteiger charge is -2.28. The Hall–Kier alpha value is -1.65. The number of halogens is 1. The Kier molecular flexibility index (Phi) is 9.03. The highest BCUT2D eigenvalue weighted by atomic mass is 79.9. The molecule has 0 aliphatic carbocycles. The van der Waals surface area contributed by atoms with E-state index in [2.05, 4.69) is 50.9 Å². The van der Waals surface area contributed by atoms with Crippen LogP contribution in [0.3, 0.4) is 0 Å². The molecule has 3 heterocycles. The first kappa shape index (κ1) is 24.5. The Labute approximate surface area is 209 Å². The molecule has 0 unspecified atom stereocenters. The van der Waals surface area contributed by atoms with Crippen LogP contribution in [0.15, 0.2) is 28.7 Å². The second-order valence-electron chi connectivity index (χ2n) is 8.39. The Bertz CT molecular complexity index is 949. The molecule has 2 fully saturated rings. The Morgan fingerprint density at radius 2 is 1.76 bits per heavy atom. The first-order valence-electron chi connectivity index (χ1n) is 11.5. The SMILES string of the molecule is Cc1ccc(CC(=S)Cc2cc(N3CCOCC3)nc(OCCN3CCOCC3)n2)c(Br)c1. The maximum absolute atomic E-state index is 6.00. The number of ether oxygens (including phenoxy) is 3. The summed E-state index contributed by atoms with van der Waals surface area (Å²) in [5, 5.41) is 0. The van der Waals surface area contributed by atoms with Gasteiger partial charge in [-0.3, -0.25) is 4.90 Å². The van der Waals surface area contributed by atoms with Crippen molar-refractivity contribution in [2.45, 2.75) is 19.8 Å². The van der Waals surface area contributed by atoms with Crippen LogP contribution in [-0.2, 0) is 22.3 Å². The molecule has 9 heteroatoms. The maximum Gasteiger partial charge on any atom is 0.318 e. The molecule has 1 aromatic carbocycles. The van der Waals surface area contributed by atoms with E-state index in [4.69, 9.17) is 36.4 Å². The molecule has 0 spiro atoms. The molecule has 1 aromatic heterocycles. The van der Waals surface area contributed by atoms with Gasteiger partial charge < -0.3 is 19.1 Å². The fourth-order valence-corrected chi connectivity index (χ4v) is 4.87. The quantitative estimate of drug-likeness (QED) is 0.454. The minimum atomic E-state index is 0.418. The van der Waals surface area contributed by atoms with Gasteiger partial charge in [0.2, 0.25) is 0 Å². The van der Waals surface area contributed by atoms with E-state index in [0.717, 1.165) is 73.2 Å². The average molecular weight is 536 g/mol. The van der Waals surface area contributed by atoms with Gasteiger partial charge >= 0.3 is 6.01 Å². The van der Waals surface area contributed by atoms with Crippen molar-refractivity contribution in [3.05, 3.63) is 45.6 Å². The molecule has 2 aliphatic rings. The van der Waals surface area contributed by atoms with Gasteiger partial charge in [-0.1, -0.05) is 40.3 Å². The molecule has 33 heavy (non-hydrogen) atoms. The first-order valence-corrected chi connectivity index (χ1v) is 12.7. The molecule has 0 saturated carbocycles. The molecule has 4 rings (SSSR count). The minimum absolute atomic E-state index is 0.418. The van der Waals surface area contributed by atoms with Gasteiger partial charge in [-0.15, -0.1) is 0 Å². The number of thiocarbonyl (C=S) groups is 1. The summed E-state index contributed by atoms with van der Waals surface area (Å²) in [7, 11) is 0. The average Bonchev–Trinajstić information content (AvgIpc) is 2.82. The van der Waals surface area contributed by atoms with Crippen LogP contribution in [0.4, 0.5) is 5.82 Å². The number of nitrogens with zero attached hydrogens (tertiary/aromatic N) is 4. The van der Waals surface area contributed by atoms with E-state index in [0.29, 0.717) is 32.3 Å². The molecule has 7 nitrogen and oxygen atoms in total. The summed E-state index contributed by atoms with van der Waals surface area (Å²) < 4.78 is 18.0. The smallest absolute Gasteiger partial charge is 0.318 e. The summed E-state index contributed by atoms with van der Waals surface area (Å²) in [5.74, 6) is 0.879. The molecule has 2 saturated heterocycles. The molecule has 0 radical (unpaired) electrons. The molecular formula is C24H31BrN4O3S. The predicted octanol–water partition coefficient (Wildman–Crippen LogP) is 3.25. The van der Waals surface area contributed by atoms with Crippen LogP contribution >= 0.6 is 28.1 Å². The number of rotatable bonds is 9. The Morgan fingerprint density at radius 1 is 1.03 bits per heavy atom. The highest BCUT2D eigenvalue weighted by Crippen LogP contribution is 2.22. The van der Waals surface area contributed by atoms with Gasteiger partial charge in [0.05, 0.1) is 32.1 Å². The zero-order chi connectivity index (χ0) is 23.0. The number of hydrogen-bond donors (Lipinski definition) is 0. The number of aryl methyl sites for hydroxylation is 1. The van der Waals surface area contributed by atoms with Crippen LogP contribution in [0.1, 0.15) is 16.8 Å². The normalized spacial score (nSPS) is 17.2. The summed E-state index contributed by atoms with van der Waals surface area (Å²) in [6, 6.07) is 8.83. The van der Waals surface area contributed by atoms with E-state index in [1.54, 1.807) is 0 Å². The molecule has 2 aromatic rings. The van der Waals surface area contributed by atoms with Gasteiger partial charge in [-0.2, -0.15) is 9.97 Å². The standard InChI is InChI=1S/C24H31BrN4O3S/c1-18-2-3-19(22(25)14-18)15-21(33)16-20-17-23(29-7-11-31-12-8-29)27-24(26-20)32-13-6-28-4-9-30-10-5-28/h2-3,14,17H,4-13,15-16H2,1H3. The van der Waals surface area contributed by atoms with E-state index in [1.807, 2.05) is 6.07 Å². The number of benzene rings is 1. The highest BCUT2D eigenvalue weighted by molar-refractivity contribution is 9.10. The van der Waals surface area contributed by atoms with Gasteiger partial charge in [0, 0.05) is 61.0 Å². The topological polar surface area (TPSA) is 60.0 Å². The zero-order valence-electron chi connectivity index (χ0n) is 19.1. The van der Waals surface area contributed by atoms with Crippen LogP contribution in [0, 0.1) is 6.92 Å². The third-order valence-electron chi connectivity index (χ3n) is 5.80. The molecule has 2 aliphatic heterocycles. The van der Waals surface area contributed by atoms with Gasteiger partial charge in [0.25, 0.3) is 0 Å². The predicted molar refractivity (Wildman–Crippen MR) is 137 cm³/mol. The van der Waals surface area contributed by atoms with Gasteiger partial charge in [-0.25, -0.2) is 0 Å². The van der Waals surface area contributed by atoms with Crippen molar-refractivity contribution in [1.29, 1.82) is 0 Å². The summed E-state index contributed by atoms with van der Waals surface area (Å²) in [5.41, 5.74) is 3.30. The van der Waals surface area contributed by atoms with Crippen molar-refractivity contribution < 1.29 is 14.2 Å². The summed E-state index contributed by atoms with van der Waals surface area (Å²) in [4.78, 5) is 14.9. The second-order valence-corrected chi connectivity index (χ2v) is 9.82. The van der Waals surface area contributed by atoms with Gasteiger partial charge in [-0.05, 0) is 24.1 Å². The molecule has 178 valence electrons. The van der Waals surface area contributed by atoms with E-state index in [1.165, 1.54) is 11.1 Å². The van der Waals surface area contributed by atoms with Crippen LogP contribution in [0.2, 0.25) is 0 Å². The largest absolute Gasteiger partial charge is 0.462 e. The molecule has 0 amide bonds. The van der Waals surface area contributed by atoms with E-state index in [9.17, 15) is 0 Å². The van der Waals surface area contributed by atoms with Crippen LogP contribution in [-0.4, -0.2) is 85.5 Å². The minimum Gasteiger partial charge on any atom is -0.462 e. The second kappa shape index (κ2) is 12.2. The highest BCUT2D eigenvalue weighted by Gasteiger charge is 2.17. The van der Waals surface area contributed by atoms with Crippen molar-refractivity contribution in [1.82, 2.24) is 14.9 Å². The number of anilines is 1. The third kappa shape index (κ3) is 7.42. The number of hydrogen-bond acceptors (Lipinski definition) is 8. The summed E-state index contributed by atoms with van der Waals surface area (Å²) in [6.45, 7) is 9.92. The lowest BCUT2D eigenvalue weighted by Crippen LogP contribution is -2.39. The van der Waals surface area contributed by atoms with Gasteiger partial charge in [0.1, 0.15) is 12.4 Å². The first-order chi connectivity index (χ1) is 16.1. The summed E-state index contributed by atoms with van der Waals surface area (Å²) in [6.07, 6.45) is 1.33. The van der Waals surface area contributed by atoms with Crippen molar-refractivity contribution >= 4 is 38.8 Å². The fraction of sp³-hybridized carbons (Fsp3) is 0.542. The van der Waals surface area contributed by atoms with Crippen molar-refractivity contribution in [3.63, 3.8) is 0 Å². The lowest BCUT2D eigenvalue weighted by atomic mass is 10.1. The van der Waals surface area contributed by atoms with E-state index < -0.39 is 0 Å². The van der Waals surface area contributed by atoms with Crippen LogP contribution in [0.5, 0.6) is 6.01 Å². The fourth-order valence-electron chi connectivity index (χ4n) is 3.93. The molecule has 0 atom stereocenters. The Balaban J connectivity index is 1.44. The van der Waals surface area contributed by atoms with Crippen molar-refractivity contribution in [3.8, 4) is 6.01 Å². The zero-order valence-corrected chi connectivity index (χ0v) is 21.5. The van der Waals surface area contributed by atoms with Gasteiger partial charge in [0.15, 0.2) is 0 Å². The van der Waals surface area contributed by atoms with Crippen molar-refractivity contribution in [2.24, 2.45) is 0 Å². The Morgan fingerprint density at radius 3 is 2.48 bits per heavy atom. The van der Waals surface area contributed by atoms with Crippen molar-refractivity contribution in [2.75, 3.05) is 70.7 Å². The van der Waals surface area contributed by atoms with Crippen LogP contribution < -0.4 is 9.64 Å². The van der Waals surface area contributed by atoms with E-state index >= 15 is 0 Å². The number of morpholine rings is 2. The lowest BCUT2D eigenvalue weighted by molar-refractivity contribution is 0.0317. The molecule has 0 N–H and O–H groups in total. The summed E-state index contributed by atoms with van der Waals surface area (Å²) >= 11 is 9.41.